The van der Waals surface area contributed by atoms with Crippen LogP contribution in [0.1, 0.15) is 30.6 Å². The maximum absolute atomic E-state index is 11.7. The van der Waals surface area contributed by atoms with Gasteiger partial charge in [-0.15, -0.1) is 0 Å². The molecule has 0 saturated heterocycles. The highest BCUT2D eigenvalue weighted by atomic mass is 32.2. The summed E-state index contributed by atoms with van der Waals surface area (Å²) in [6.45, 7) is 3.78. The Labute approximate surface area is 131 Å². The van der Waals surface area contributed by atoms with Gasteiger partial charge in [-0.3, -0.25) is 4.18 Å². The van der Waals surface area contributed by atoms with Crippen molar-refractivity contribution < 1.29 is 22.1 Å². The lowest BCUT2D eigenvalue weighted by molar-refractivity contribution is 0.0513. The van der Waals surface area contributed by atoms with Crippen molar-refractivity contribution in [3.8, 4) is 11.8 Å². The molecule has 6 heteroatoms. The number of carbonyl (C=O) groups is 1. The lowest BCUT2D eigenvalue weighted by Gasteiger charge is -2.13. The Morgan fingerprint density at radius 2 is 1.86 bits per heavy atom. The van der Waals surface area contributed by atoms with Crippen LogP contribution in [0.2, 0.25) is 0 Å². The Kier molecular flexibility index (Phi) is 7.09. The van der Waals surface area contributed by atoms with Crippen LogP contribution in [0.3, 0.4) is 0 Å². The van der Waals surface area contributed by atoms with E-state index in [0.29, 0.717) is 12.0 Å². The SMILES string of the molecule is CC(C)[C@H](C#CCCOC(=O)c1ccccc1)OS(C)(=O)=O. The van der Waals surface area contributed by atoms with Crippen LogP contribution in [0.4, 0.5) is 0 Å². The third-order valence-electron chi connectivity index (χ3n) is 2.60. The minimum atomic E-state index is -3.55. The Bertz CT molecular complexity index is 638. The predicted octanol–water partition coefficient (Wildman–Crippen LogP) is 2.24. The van der Waals surface area contributed by atoms with Gasteiger partial charge in [-0.1, -0.05) is 43.9 Å². The fourth-order valence-electron chi connectivity index (χ4n) is 1.52. The summed E-state index contributed by atoms with van der Waals surface area (Å²) in [7, 11) is -3.55. The molecule has 0 aromatic heterocycles. The zero-order valence-corrected chi connectivity index (χ0v) is 13.7. The van der Waals surface area contributed by atoms with E-state index in [2.05, 4.69) is 11.8 Å². The molecule has 0 unspecified atom stereocenters. The fourth-order valence-corrected chi connectivity index (χ4v) is 2.16. The highest BCUT2D eigenvalue weighted by Crippen LogP contribution is 2.08. The molecule has 5 nitrogen and oxygen atoms in total. The summed E-state index contributed by atoms with van der Waals surface area (Å²) in [5.41, 5.74) is 0.482. The van der Waals surface area contributed by atoms with Gasteiger partial charge in [-0.05, 0) is 18.1 Å². The van der Waals surface area contributed by atoms with Crippen molar-refractivity contribution in [1.29, 1.82) is 0 Å². The van der Waals surface area contributed by atoms with Gasteiger partial charge in [-0.2, -0.15) is 8.42 Å². The first-order chi connectivity index (χ1) is 10.3. The zero-order chi connectivity index (χ0) is 16.6. The summed E-state index contributed by atoms with van der Waals surface area (Å²) in [5.74, 6) is 5.06. The molecular formula is C16H20O5S. The van der Waals surface area contributed by atoms with E-state index < -0.39 is 22.2 Å². The smallest absolute Gasteiger partial charge is 0.338 e. The first-order valence-electron chi connectivity index (χ1n) is 6.88. The molecule has 0 aliphatic heterocycles. The van der Waals surface area contributed by atoms with Gasteiger partial charge in [0, 0.05) is 6.42 Å². The Morgan fingerprint density at radius 3 is 2.41 bits per heavy atom. The van der Waals surface area contributed by atoms with Crippen molar-refractivity contribution in [2.75, 3.05) is 12.9 Å². The zero-order valence-electron chi connectivity index (χ0n) is 12.9. The van der Waals surface area contributed by atoms with Crippen molar-refractivity contribution in [2.24, 2.45) is 5.92 Å². The first kappa shape index (κ1) is 18.2. The van der Waals surface area contributed by atoms with Gasteiger partial charge in [0.2, 0.25) is 0 Å². The Balaban J connectivity index is 2.45. The van der Waals surface area contributed by atoms with Gasteiger partial charge in [0.25, 0.3) is 10.1 Å². The van der Waals surface area contributed by atoms with Crippen molar-refractivity contribution in [2.45, 2.75) is 26.4 Å². The lowest BCUT2D eigenvalue weighted by Crippen LogP contribution is -2.21. The van der Waals surface area contributed by atoms with E-state index >= 15 is 0 Å². The predicted molar refractivity (Wildman–Crippen MR) is 83.7 cm³/mol. The average Bonchev–Trinajstić information content (AvgIpc) is 2.45. The maximum Gasteiger partial charge on any atom is 0.338 e. The van der Waals surface area contributed by atoms with Crippen LogP contribution < -0.4 is 0 Å². The fraction of sp³-hybridized carbons (Fsp3) is 0.438. The summed E-state index contributed by atoms with van der Waals surface area (Å²) in [5, 5.41) is 0. The van der Waals surface area contributed by atoms with Crippen molar-refractivity contribution in [3.05, 3.63) is 35.9 Å². The number of hydrogen-bond donors (Lipinski definition) is 0. The number of rotatable bonds is 6. The van der Waals surface area contributed by atoms with E-state index in [-0.39, 0.29) is 12.5 Å². The number of benzene rings is 1. The third kappa shape index (κ3) is 7.25. The van der Waals surface area contributed by atoms with Crippen LogP contribution >= 0.6 is 0 Å². The summed E-state index contributed by atoms with van der Waals surface area (Å²) < 4.78 is 32.2. The van der Waals surface area contributed by atoms with E-state index in [1.807, 2.05) is 19.9 Å². The van der Waals surface area contributed by atoms with Crippen molar-refractivity contribution >= 4 is 16.1 Å². The van der Waals surface area contributed by atoms with E-state index in [1.165, 1.54) is 0 Å². The topological polar surface area (TPSA) is 69.7 Å². The highest BCUT2D eigenvalue weighted by molar-refractivity contribution is 7.86. The van der Waals surface area contributed by atoms with Crippen molar-refractivity contribution in [3.63, 3.8) is 0 Å². The van der Waals surface area contributed by atoms with E-state index in [9.17, 15) is 13.2 Å². The quantitative estimate of drug-likeness (QED) is 0.347. The molecule has 0 fully saturated rings. The van der Waals surface area contributed by atoms with Crippen LogP contribution in [-0.2, 0) is 19.0 Å². The molecule has 1 aromatic carbocycles. The van der Waals surface area contributed by atoms with Crippen LogP contribution in [0, 0.1) is 17.8 Å². The monoisotopic (exact) mass is 324 g/mol. The standard InChI is InChI=1S/C16H20O5S/c1-13(2)15(21-22(3,18)19)11-7-8-12-20-16(17)14-9-5-4-6-10-14/h4-6,9-10,13,15H,8,12H2,1-3H3/t15-/m0/s1. The molecule has 1 aromatic rings. The Hall–Kier alpha value is -1.84. The molecule has 0 amide bonds. The molecule has 0 heterocycles. The first-order valence-corrected chi connectivity index (χ1v) is 8.70. The minimum absolute atomic E-state index is 0.0610. The Morgan fingerprint density at radius 1 is 1.23 bits per heavy atom. The summed E-state index contributed by atoms with van der Waals surface area (Å²) in [6, 6.07) is 8.67. The number of ether oxygens (including phenoxy) is 1. The average molecular weight is 324 g/mol. The van der Waals surface area contributed by atoms with Gasteiger partial charge in [0.05, 0.1) is 11.8 Å². The summed E-state index contributed by atoms with van der Waals surface area (Å²) in [4.78, 5) is 11.7. The second kappa shape index (κ2) is 8.57. The maximum atomic E-state index is 11.7. The van der Waals surface area contributed by atoms with Gasteiger partial charge >= 0.3 is 5.97 Å². The normalized spacial score (nSPS) is 12.4. The lowest BCUT2D eigenvalue weighted by atomic mass is 10.1. The molecular weight excluding hydrogens is 304 g/mol. The van der Waals surface area contributed by atoms with Crippen LogP contribution in [0.25, 0.3) is 0 Å². The molecule has 1 rings (SSSR count). The summed E-state index contributed by atoms with van der Waals surface area (Å²) >= 11 is 0. The molecule has 0 radical (unpaired) electrons. The minimum Gasteiger partial charge on any atom is -0.461 e. The van der Waals surface area contributed by atoms with Crippen LogP contribution in [0.5, 0.6) is 0 Å². The second-order valence-electron chi connectivity index (χ2n) is 5.04. The molecule has 120 valence electrons. The number of esters is 1. The molecule has 1 atom stereocenters. The van der Waals surface area contributed by atoms with E-state index in [1.54, 1.807) is 24.3 Å². The largest absolute Gasteiger partial charge is 0.461 e. The third-order valence-corrected chi connectivity index (χ3v) is 3.15. The van der Waals surface area contributed by atoms with E-state index in [0.717, 1.165) is 6.26 Å². The van der Waals surface area contributed by atoms with Gasteiger partial charge in [-0.25, -0.2) is 4.79 Å². The van der Waals surface area contributed by atoms with Crippen molar-refractivity contribution in [1.82, 2.24) is 0 Å². The van der Waals surface area contributed by atoms with Gasteiger partial charge in [0.1, 0.15) is 12.7 Å². The second-order valence-corrected chi connectivity index (χ2v) is 6.64. The van der Waals surface area contributed by atoms with Crippen LogP contribution in [0.15, 0.2) is 30.3 Å². The molecule has 0 spiro atoms. The van der Waals surface area contributed by atoms with E-state index in [4.69, 9.17) is 8.92 Å². The molecule has 22 heavy (non-hydrogen) atoms. The molecule has 0 aliphatic carbocycles. The van der Waals surface area contributed by atoms with Gasteiger partial charge in [0.15, 0.2) is 0 Å². The summed E-state index contributed by atoms with van der Waals surface area (Å²) in [6.07, 6.45) is 0.612. The molecule has 0 N–H and O–H groups in total. The molecule has 0 bridgehead atoms. The van der Waals surface area contributed by atoms with Crippen LogP contribution in [-0.4, -0.2) is 33.4 Å². The highest BCUT2D eigenvalue weighted by Gasteiger charge is 2.16. The molecule has 0 saturated carbocycles. The molecule has 0 aliphatic rings. The number of hydrogen-bond acceptors (Lipinski definition) is 5. The number of carbonyl (C=O) groups excluding carboxylic acids is 1. The van der Waals surface area contributed by atoms with Gasteiger partial charge < -0.3 is 4.74 Å².